The van der Waals surface area contributed by atoms with Crippen molar-refractivity contribution < 1.29 is 0 Å². The second-order valence-electron chi connectivity index (χ2n) is 9.37. The van der Waals surface area contributed by atoms with E-state index in [2.05, 4.69) is 64.4 Å². The molecule has 0 fully saturated rings. The molecule has 0 saturated carbocycles. The van der Waals surface area contributed by atoms with Gasteiger partial charge in [-0.15, -0.1) is 0 Å². The number of aromatic amines is 1. The van der Waals surface area contributed by atoms with Crippen molar-refractivity contribution in [1.29, 1.82) is 0 Å². The molecule has 5 aromatic rings. The Morgan fingerprint density at radius 1 is 0.615 bits per heavy atom. The van der Waals surface area contributed by atoms with Crippen molar-refractivity contribution in [2.45, 2.75) is 25.9 Å². The van der Waals surface area contributed by atoms with Crippen molar-refractivity contribution in [2.24, 2.45) is 0 Å². The molecule has 39 heavy (non-hydrogen) atoms. The Hall–Kier alpha value is -4.27. The summed E-state index contributed by atoms with van der Waals surface area (Å²) in [7, 11) is 0. The summed E-state index contributed by atoms with van der Waals surface area (Å²) < 4.78 is 0. The highest BCUT2D eigenvalue weighted by Crippen LogP contribution is 2.26. The molecule has 0 aliphatic heterocycles. The number of aromatic nitrogens is 1. The van der Waals surface area contributed by atoms with Crippen LogP contribution in [0, 0.1) is 0 Å². The molecule has 0 aliphatic carbocycles. The van der Waals surface area contributed by atoms with E-state index in [1.54, 1.807) is 0 Å². The molecule has 8 heteroatoms. The normalized spacial score (nSPS) is 12.5. The van der Waals surface area contributed by atoms with Crippen LogP contribution in [0.3, 0.4) is 0 Å². The number of hydrogen-bond acceptors (Lipinski definition) is 3. The maximum absolute atomic E-state index is 13.5. The molecule has 1 heterocycles. The van der Waals surface area contributed by atoms with E-state index in [4.69, 9.17) is 24.4 Å². The van der Waals surface area contributed by atoms with Crippen molar-refractivity contribution in [3.63, 3.8) is 0 Å². The van der Waals surface area contributed by atoms with Gasteiger partial charge in [0.1, 0.15) is 0 Å². The third kappa shape index (κ3) is 5.92. The Balaban J connectivity index is 1.42. The first-order chi connectivity index (χ1) is 18.9. The van der Waals surface area contributed by atoms with Gasteiger partial charge in [-0.1, -0.05) is 72.8 Å². The minimum atomic E-state index is -0.0703. The van der Waals surface area contributed by atoms with Crippen LogP contribution in [0.15, 0.2) is 102 Å². The second-order valence-corrected chi connectivity index (χ2v) is 10.2. The van der Waals surface area contributed by atoms with Gasteiger partial charge in [0.2, 0.25) is 0 Å². The number of H-pyrrole nitrogens is 1. The predicted octanol–water partition coefficient (Wildman–Crippen LogP) is 6.78. The zero-order valence-electron chi connectivity index (χ0n) is 21.6. The summed E-state index contributed by atoms with van der Waals surface area (Å²) >= 11 is 11.2. The van der Waals surface area contributed by atoms with Crippen LogP contribution >= 0.6 is 24.4 Å². The van der Waals surface area contributed by atoms with Crippen molar-refractivity contribution >= 4 is 67.8 Å². The van der Waals surface area contributed by atoms with E-state index in [0.717, 1.165) is 11.1 Å². The van der Waals surface area contributed by atoms with Crippen LogP contribution in [-0.2, 0) is 0 Å². The van der Waals surface area contributed by atoms with Crippen molar-refractivity contribution in [3.05, 3.63) is 118 Å². The standard InChI is InChI=1S/C31H29N5OS2/c1-19(21-11-5-3-6-12-21)32-30(38)34-25-17-9-15-23-27(25)36-28-24(29(23)37)16-10-18-26(28)35-31(39)33-20(2)22-13-7-4-8-14-22/h3-20H,1-2H3,(H,36,37)(H2,32,34,38)(H2,33,35,39)/t19-,20-/m0/s1. The number of pyridine rings is 1. The monoisotopic (exact) mass is 551 g/mol. The minimum absolute atomic E-state index is 0.0173. The lowest BCUT2D eigenvalue weighted by atomic mass is 10.1. The van der Waals surface area contributed by atoms with E-state index in [-0.39, 0.29) is 17.5 Å². The summed E-state index contributed by atoms with van der Waals surface area (Å²) in [5.41, 5.74) is 4.92. The van der Waals surface area contributed by atoms with Gasteiger partial charge in [0.05, 0.1) is 34.5 Å². The van der Waals surface area contributed by atoms with Crippen LogP contribution in [0.2, 0.25) is 0 Å². The Bertz CT molecular complexity index is 1580. The van der Waals surface area contributed by atoms with Crippen LogP contribution in [0.5, 0.6) is 0 Å². The third-order valence-corrected chi connectivity index (χ3v) is 7.10. The molecule has 4 aromatic carbocycles. The van der Waals surface area contributed by atoms with Crippen LogP contribution in [-0.4, -0.2) is 15.2 Å². The summed E-state index contributed by atoms with van der Waals surface area (Å²) in [6.07, 6.45) is 0. The van der Waals surface area contributed by atoms with Crippen LogP contribution in [0.1, 0.15) is 37.1 Å². The topological polar surface area (TPSA) is 81.0 Å². The molecule has 5 rings (SSSR count). The number of benzene rings is 4. The number of para-hydroxylation sites is 2. The highest BCUT2D eigenvalue weighted by atomic mass is 32.1. The molecule has 0 saturated heterocycles. The van der Waals surface area contributed by atoms with Gasteiger partial charge in [0.25, 0.3) is 0 Å². The molecule has 5 N–H and O–H groups in total. The molecular weight excluding hydrogens is 523 g/mol. The first kappa shape index (κ1) is 26.3. The summed E-state index contributed by atoms with van der Waals surface area (Å²) in [6, 6.07) is 31.3. The van der Waals surface area contributed by atoms with Crippen molar-refractivity contribution in [3.8, 4) is 0 Å². The van der Waals surface area contributed by atoms with E-state index in [1.807, 2.05) is 72.8 Å². The fourth-order valence-corrected chi connectivity index (χ4v) is 5.16. The van der Waals surface area contributed by atoms with E-state index in [0.29, 0.717) is 43.4 Å². The number of hydrogen-bond donors (Lipinski definition) is 5. The molecule has 0 aliphatic rings. The molecule has 0 spiro atoms. The van der Waals surface area contributed by atoms with Gasteiger partial charge in [-0.25, -0.2) is 0 Å². The van der Waals surface area contributed by atoms with Gasteiger partial charge in [-0.05, 0) is 73.7 Å². The zero-order valence-corrected chi connectivity index (χ0v) is 23.3. The number of nitrogens with one attached hydrogen (secondary N) is 5. The maximum atomic E-state index is 13.5. The number of thiocarbonyl (C=S) groups is 2. The largest absolute Gasteiger partial charge is 0.356 e. The molecule has 1 aromatic heterocycles. The molecule has 0 unspecified atom stereocenters. The average molecular weight is 552 g/mol. The molecule has 0 amide bonds. The lowest BCUT2D eigenvalue weighted by molar-refractivity contribution is 0.722. The average Bonchev–Trinajstić information content (AvgIpc) is 2.95. The molecule has 196 valence electrons. The highest BCUT2D eigenvalue weighted by molar-refractivity contribution is 7.80. The molecule has 2 atom stereocenters. The van der Waals surface area contributed by atoms with E-state index >= 15 is 0 Å². The maximum Gasteiger partial charge on any atom is 0.197 e. The fourth-order valence-electron chi connectivity index (χ4n) is 4.59. The molecule has 0 radical (unpaired) electrons. The molecule has 0 bridgehead atoms. The quantitative estimate of drug-likeness (QED) is 0.118. The lowest BCUT2D eigenvalue weighted by Crippen LogP contribution is -2.31. The Labute approximate surface area is 237 Å². The Morgan fingerprint density at radius 2 is 1.03 bits per heavy atom. The summed E-state index contributed by atoms with van der Waals surface area (Å²) in [5.74, 6) is 0. The third-order valence-electron chi connectivity index (χ3n) is 6.66. The van der Waals surface area contributed by atoms with Gasteiger partial charge in [0.15, 0.2) is 15.7 Å². The summed E-state index contributed by atoms with van der Waals surface area (Å²) in [6.45, 7) is 4.10. The van der Waals surface area contributed by atoms with Crippen LogP contribution in [0.4, 0.5) is 11.4 Å². The fraction of sp³-hybridized carbons (Fsp3) is 0.129. The Morgan fingerprint density at radius 3 is 1.44 bits per heavy atom. The molecular formula is C31H29N5OS2. The summed E-state index contributed by atoms with van der Waals surface area (Å²) in [4.78, 5) is 17.0. The molecule has 6 nitrogen and oxygen atoms in total. The second kappa shape index (κ2) is 11.6. The van der Waals surface area contributed by atoms with E-state index in [9.17, 15) is 4.79 Å². The Kier molecular flexibility index (Phi) is 7.86. The van der Waals surface area contributed by atoms with Crippen LogP contribution < -0.4 is 26.7 Å². The van der Waals surface area contributed by atoms with Gasteiger partial charge in [-0.2, -0.15) is 0 Å². The highest BCUT2D eigenvalue weighted by Gasteiger charge is 2.14. The van der Waals surface area contributed by atoms with Gasteiger partial charge >= 0.3 is 0 Å². The van der Waals surface area contributed by atoms with Gasteiger partial charge < -0.3 is 26.3 Å². The van der Waals surface area contributed by atoms with E-state index < -0.39 is 0 Å². The van der Waals surface area contributed by atoms with Crippen LogP contribution in [0.25, 0.3) is 21.8 Å². The smallest absolute Gasteiger partial charge is 0.197 e. The van der Waals surface area contributed by atoms with Crippen molar-refractivity contribution in [2.75, 3.05) is 10.6 Å². The summed E-state index contributed by atoms with van der Waals surface area (Å²) in [5, 5.41) is 15.3. The number of anilines is 2. The SMILES string of the molecule is C[C@H](NC(=S)Nc1cccc2c(=O)c3cccc(NC(=S)N[C@@H](C)c4ccccc4)c3[nH]c12)c1ccccc1. The number of rotatable bonds is 6. The minimum Gasteiger partial charge on any atom is -0.356 e. The predicted molar refractivity (Wildman–Crippen MR) is 171 cm³/mol. The first-order valence-electron chi connectivity index (χ1n) is 12.7. The lowest BCUT2D eigenvalue weighted by Gasteiger charge is -2.19. The number of fused-ring (bicyclic) bond motifs is 2. The zero-order chi connectivity index (χ0) is 27.4. The van der Waals surface area contributed by atoms with E-state index in [1.165, 1.54) is 0 Å². The van der Waals surface area contributed by atoms with Gasteiger partial charge in [0, 0.05) is 10.8 Å². The van der Waals surface area contributed by atoms with Gasteiger partial charge in [-0.3, -0.25) is 4.79 Å². The van der Waals surface area contributed by atoms with Crippen molar-refractivity contribution in [1.82, 2.24) is 15.6 Å². The first-order valence-corrected chi connectivity index (χ1v) is 13.5.